The fraction of sp³-hybridized carbons (Fsp3) is 0.300. The van der Waals surface area contributed by atoms with Gasteiger partial charge in [-0.15, -0.1) is 0 Å². The van der Waals surface area contributed by atoms with E-state index < -0.39 is 12.0 Å². The van der Waals surface area contributed by atoms with Crippen molar-refractivity contribution in [1.29, 1.82) is 0 Å². The number of carbonyl (C=O) groups is 1. The minimum atomic E-state index is -0.906. The average molecular weight is 197 g/mol. The molecule has 0 aliphatic heterocycles. The third-order valence-corrected chi connectivity index (χ3v) is 1.89. The van der Waals surface area contributed by atoms with E-state index in [1.807, 2.05) is 0 Å². The van der Waals surface area contributed by atoms with Crippen LogP contribution in [0.25, 0.3) is 0 Å². The molecule has 0 unspecified atom stereocenters. The lowest BCUT2D eigenvalue weighted by atomic mass is 10.2. The second kappa shape index (κ2) is 4.60. The number of nitrogens with one attached hydrogen (secondary N) is 1. The van der Waals surface area contributed by atoms with Gasteiger partial charge in [0.2, 0.25) is 0 Å². The standard InChI is InChI=1S/C10H12FNO2/c1-2-9(10(13)14)12-8-5-3-7(11)4-6-8/h3-6,9,12H,2H2,1H3,(H,13,14)/t9-/m1/s1. The third-order valence-electron chi connectivity index (χ3n) is 1.89. The summed E-state index contributed by atoms with van der Waals surface area (Å²) in [5.74, 6) is -1.24. The van der Waals surface area contributed by atoms with E-state index in [9.17, 15) is 9.18 Å². The van der Waals surface area contributed by atoms with Crippen LogP contribution in [0.4, 0.5) is 10.1 Å². The van der Waals surface area contributed by atoms with Gasteiger partial charge in [0.25, 0.3) is 0 Å². The number of halogens is 1. The predicted octanol–water partition coefficient (Wildman–Crippen LogP) is 2.10. The maximum Gasteiger partial charge on any atom is 0.326 e. The van der Waals surface area contributed by atoms with Crippen LogP contribution in [-0.4, -0.2) is 17.1 Å². The molecular weight excluding hydrogens is 185 g/mol. The fourth-order valence-corrected chi connectivity index (χ4v) is 1.09. The molecule has 0 amide bonds. The summed E-state index contributed by atoms with van der Waals surface area (Å²) >= 11 is 0. The molecule has 0 aliphatic carbocycles. The molecule has 0 bridgehead atoms. The lowest BCUT2D eigenvalue weighted by Crippen LogP contribution is -2.28. The topological polar surface area (TPSA) is 49.3 Å². The van der Waals surface area contributed by atoms with E-state index in [1.165, 1.54) is 24.3 Å². The summed E-state index contributed by atoms with van der Waals surface area (Å²) in [6, 6.07) is 4.98. The molecule has 0 heterocycles. The van der Waals surface area contributed by atoms with Gasteiger partial charge < -0.3 is 10.4 Å². The molecule has 0 fully saturated rings. The summed E-state index contributed by atoms with van der Waals surface area (Å²) < 4.78 is 12.5. The van der Waals surface area contributed by atoms with Crippen molar-refractivity contribution < 1.29 is 14.3 Å². The maximum atomic E-state index is 12.5. The van der Waals surface area contributed by atoms with Crippen molar-refractivity contribution in [2.45, 2.75) is 19.4 Å². The van der Waals surface area contributed by atoms with Crippen LogP contribution in [0, 0.1) is 5.82 Å². The molecule has 76 valence electrons. The van der Waals surface area contributed by atoms with Gasteiger partial charge in [-0.1, -0.05) is 6.92 Å². The molecule has 3 nitrogen and oxygen atoms in total. The molecule has 0 aliphatic rings. The van der Waals surface area contributed by atoms with Crippen molar-refractivity contribution in [3.8, 4) is 0 Å². The Morgan fingerprint density at radius 1 is 1.50 bits per heavy atom. The monoisotopic (exact) mass is 197 g/mol. The zero-order chi connectivity index (χ0) is 10.6. The third kappa shape index (κ3) is 2.73. The van der Waals surface area contributed by atoms with Crippen molar-refractivity contribution in [3.05, 3.63) is 30.1 Å². The van der Waals surface area contributed by atoms with Crippen LogP contribution >= 0.6 is 0 Å². The first-order valence-electron chi connectivity index (χ1n) is 4.38. The number of rotatable bonds is 4. The van der Waals surface area contributed by atoms with Crippen LogP contribution in [-0.2, 0) is 4.79 Å². The Kier molecular flexibility index (Phi) is 3.45. The SMILES string of the molecule is CC[C@@H](Nc1ccc(F)cc1)C(=O)O. The highest BCUT2D eigenvalue weighted by Gasteiger charge is 2.13. The molecule has 1 aromatic carbocycles. The number of hydrogen-bond acceptors (Lipinski definition) is 2. The second-order valence-electron chi connectivity index (χ2n) is 2.95. The molecule has 14 heavy (non-hydrogen) atoms. The van der Waals surface area contributed by atoms with E-state index in [-0.39, 0.29) is 5.82 Å². The molecule has 0 aromatic heterocycles. The van der Waals surface area contributed by atoms with Crippen molar-refractivity contribution in [1.82, 2.24) is 0 Å². The summed E-state index contributed by atoms with van der Waals surface area (Å²) in [4.78, 5) is 10.7. The van der Waals surface area contributed by atoms with Crippen molar-refractivity contribution in [2.24, 2.45) is 0 Å². The first-order chi connectivity index (χ1) is 6.63. The second-order valence-corrected chi connectivity index (χ2v) is 2.95. The van der Waals surface area contributed by atoms with Gasteiger partial charge in [-0.25, -0.2) is 9.18 Å². The molecule has 0 spiro atoms. The number of anilines is 1. The van der Waals surface area contributed by atoms with Crippen LogP contribution in [0.3, 0.4) is 0 Å². The molecule has 0 radical (unpaired) electrons. The smallest absolute Gasteiger partial charge is 0.326 e. The molecule has 4 heteroatoms. The Morgan fingerprint density at radius 3 is 2.50 bits per heavy atom. The van der Waals surface area contributed by atoms with E-state index in [2.05, 4.69) is 5.32 Å². The Balaban J connectivity index is 2.67. The van der Waals surface area contributed by atoms with Crippen molar-refractivity contribution >= 4 is 11.7 Å². The van der Waals surface area contributed by atoms with E-state index >= 15 is 0 Å². The van der Waals surface area contributed by atoms with Crippen LogP contribution in [0.1, 0.15) is 13.3 Å². The van der Waals surface area contributed by atoms with Gasteiger partial charge in [0.15, 0.2) is 0 Å². The van der Waals surface area contributed by atoms with Crippen molar-refractivity contribution in [2.75, 3.05) is 5.32 Å². The zero-order valence-electron chi connectivity index (χ0n) is 7.83. The van der Waals surface area contributed by atoms with Gasteiger partial charge in [-0.2, -0.15) is 0 Å². The van der Waals surface area contributed by atoms with Gasteiger partial charge >= 0.3 is 5.97 Å². The number of hydrogen-bond donors (Lipinski definition) is 2. The summed E-state index contributed by atoms with van der Waals surface area (Å²) in [5.41, 5.74) is 0.612. The Morgan fingerprint density at radius 2 is 2.07 bits per heavy atom. The minimum Gasteiger partial charge on any atom is -0.480 e. The predicted molar refractivity (Wildman–Crippen MR) is 51.7 cm³/mol. The molecule has 1 atom stereocenters. The van der Waals surface area contributed by atoms with Gasteiger partial charge in [0.1, 0.15) is 11.9 Å². The molecule has 0 saturated carbocycles. The molecule has 1 rings (SSSR count). The normalized spacial score (nSPS) is 12.1. The lowest BCUT2D eigenvalue weighted by molar-refractivity contribution is -0.137. The summed E-state index contributed by atoms with van der Waals surface area (Å²) in [5, 5.41) is 11.5. The summed E-state index contributed by atoms with van der Waals surface area (Å²) in [6.45, 7) is 1.77. The first-order valence-corrected chi connectivity index (χ1v) is 4.38. The highest BCUT2D eigenvalue weighted by molar-refractivity contribution is 5.77. The number of benzene rings is 1. The molecule has 2 N–H and O–H groups in total. The van der Waals surface area contributed by atoms with E-state index in [1.54, 1.807) is 6.92 Å². The van der Waals surface area contributed by atoms with E-state index in [4.69, 9.17) is 5.11 Å². The lowest BCUT2D eigenvalue weighted by Gasteiger charge is -2.13. The highest BCUT2D eigenvalue weighted by Crippen LogP contribution is 2.10. The van der Waals surface area contributed by atoms with Gasteiger partial charge in [0.05, 0.1) is 0 Å². The fourth-order valence-electron chi connectivity index (χ4n) is 1.09. The first kappa shape index (κ1) is 10.5. The summed E-state index contributed by atoms with van der Waals surface area (Å²) in [7, 11) is 0. The van der Waals surface area contributed by atoms with E-state index in [0.717, 1.165) is 0 Å². The Labute approximate surface area is 81.6 Å². The van der Waals surface area contributed by atoms with E-state index in [0.29, 0.717) is 12.1 Å². The molecular formula is C10H12FNO2. The van der Waals surface area contributed by atoms with Gasteiger partial charge in [-0.05, 0) is 30.7 Å². The number of carboxylic acid groups (broad SMARTS) is 1. The Hall–Kier alpha value is -1.58. The number of aliphatic carboxylic acids is 1. The zero-order valence-corrected chi connectivity index (χ0v) is 7.83. The number of carboxylic acids is 1. The minimum absolute atomic E-state index is 0.334. The van der Waals surface area contributed by atoms with Crippen LogP contribution in [0.5, 0.6) is 0 Å². The average Bonchev–Trinajstić information content (AvgIpc) is 2.16. The van der Waals surface area contributed by atoms with Gasteiger partial charge in [-0.3, -0.25) is 0 Å². The summed E-state index contributed by atoms with van der Waals surface area (Å²) in [6.07, 6.45) is 0.479. The quantitative estimate of drug-likeness (QED) is 0.777. The van der Waals surface area contributed by atoms with Crippen molar-refractivity contribution in [3.63, 3.8) is 0 Å². The molecule has 0 saturated heterocycles. The van der Waals surface area contributed by atoms with Crippen LogP contribution in [0.15, 0.2) is 24.3 Å². The van der Waals surface area contributed by atoms with Crippen LogP contribution < -0.4 is 5.32 Å². The van der Waals surface area contributed by atoms with Crippen LogP contribution in [0.2, 0.25) is 0 Å². The highest BCUT2D eigenvalue weighted by atomic mass is 19.1. The largest absolute Gasteiger partial charge is 0.480 e. The van der Waals surface area contributed by atoms with Gasteiger partial charge in [0, 0.05) is 5.69 Å². The Bertz CT molecular complexity index is 310. The maximum absolute atomic E-state index is 12.5. The molecule has 1 aromatic rings.